The van der Waals surface area contributed by atoms with E-state index in [9.17, 15) is 4.79 Å². The van der Waals surface area contributed by atoms with Crippen molar-refractivity contribution in [1.82, 2.24) is 0 Å². The second-order valence-corrected chi connectivity index (χ2v) is 1.89. The van der Waals surface area contributed by atoms with Crippen LogP contribution in [0.25, 0.3) is 0 Å². The van der Waals surface area contributed by atoms with Gasteiger partial charge < -0.3 is 14.2 Å². The van der Waals surface area contributed by atoms with E-state index < -0.39 is 0 Å². The SMILES string of the molecule is CCC(=O)OCOCCOC. The van der Waals surface area contributed by atoms with Crippen molar-refractivity contribution < 1.29 is 19.0 Å². The molecule has 0 radical (unpaired) electrons. The summed E-state index contributed by atoms with van der Waals surface area (Å²) in [6.45, 7) is 2.73. The Morgan fingerprint density at radius 1 is 1.36 bits per heavy atom. The molecule has 0 spiro atoms. The molecule has 4 nitrogen and oxygen atoms in total. The van der Waals surface area contributed by atoms with Gasteiger partial charge in [0.15, 0.2) is 6.79 Å². The Hall–Kier alpha value is -0.610. The molecule has 0 N–H and O–H groups in total. The molecule has 0 saturated carbocycles. The lowest BCUT2D eigenvalue weighted by atomic mass is 10.5. The Kier molecular flexibility index (Phi) is 7.08. The first kappa shape index (κ1) is 10.4. The van der Waals surface area contributed by atoms with Crippen molar-refractivity contribution in [3.05, 3.63) is 0 Å². The quantitative estimate of drug-likeness (QED) is 0.325. The number of rotatable bonds is 6. The maximum absolute atomic E-state index is 10.5. The van der Waals surface area contributed by atoms with Gasteiger partial charge in [-0.2, -0.15) is 0 Å². The van der Waals surface area contributed by atoms with Crippen LogP contribution in [-0.2, 0) is 19.0 Å². The first-order valence-corrected chi connectivity index (χ1v) is 3.53. The fourth-order valence-electron chi connectivity index (χ4n) is 0.411. The highest BCUT2D eigenvalue weighted by Crippen LogP contribution is 1.84. The van der Waals surface area contributed by atoms with Gasteiger partial charge in [0.05, 0.1) is 13.2 Å². The van der Waals surface area contributed by atoms with Crippen LogP contribution in [-0.4, -0.2) is 33.1 Å². The number of hydrogen-bond donors (Lipinski definition) is 0. The zero-order valence-corrected chi connectivity index (χ0v) is 6.96. The predicted molar refractivity (Wildman–Crippen MR) is 39.1 cm³/mol. The van der Waals surface area contributed by atoms with Crippen molar-refractivity contribution >= 4 is 5.97 Å². The summed E-state index contributed by atoms with van der Waals surface area (Å²) in [5, 5.41) is 0. The lowest BCUT2D eigenvalue weighted by Gasteiger charge is -2.03. The van der Waals surface area contributed by atoms with Crippen molar-refractivity contribution in [2.45, 2.75) is 13.3 Å². The molecule has 0 bridgehead atoms. The lowest BCUT2D eigenvalue weighted by molar-refractivity contribution is -0.156. The number of carbonyl (C=O) groups excluding carboxylic acids is 1. The zero-order valence-electron chi connectivity index (χ0n) is 6.96. The van der Waals surface area contributed by atoms with Crippen LogP contribution in [0.2, 0.25) is 0 Å². The van der Waals surface area contributed by atoms with Gasteiger partial charge in [-0.1, -0.05) is 6.92 Å². The molecule has 0 aliphatic carbocycles. The maximum atomic E-state index is 10.5. The number of ether oxygens (including phenoxy) is 3. The molecule has 4 heteroatoms. The third kappa shape index (κ3) is 7.29. The largest absolute Gasteiger partial charge is 0.438 e. The molecule has 0 saturated heterocycles. The average Bonchev–Trinajstić information content (AvgIpc) is 2.04. The third-order valence-electron chi connectivity index (χ3n) is 1.02. The highest BCUT2D eigenvalue weighted by Gasteiger charge is 1.95. The van der Waals surface area contributed by atoms with Crippen LogP contribution in [0.5, 0.6) is 0 Å². The third-order valence-corrected chi connectivity index (χ3v) is 1.02. The summed E-state index contributed by atoms with van der Waals surface area (Å²) >= 11 is 0. The smallest absolute Gasteiger partial charge is 0.307 e. The van der Waals surface area contributed by atoms with Crippen molar-refractivity contribution in [3.63, 3.8) is 0 Å². The van der Waals surface area contributed by atoms with Crippen LogP contribution in [0.3, 0.4) is 0 Å². The van der Waals surface area contributed by atoms with E-state index in [0.29, 0.717) is 19.6 Å². The van der Waals surface area contributed by atoms with Gasteiger partial charge >= 0.3 is 5.97 Å². The van der Waals surface area contributed by atoms with Gasteiger partial charge in [-0.15, -0.1) is 0 Å². The molecule has 0 aliphatic rings. The van der Waals surface area contributed by atoms with E-state index >= 15 is 0 Å². The summed E-state index contributed by atoms with van der Waals surface area (Å²) in [4.78, 5) is 10.5. The number of carbonyl (C=O) groups is 1. The Balaban J connectivity index is 2.95. The minimum atomic E-state index is -0.248. The molecule has 0 unspecified atom stereocenters. The van der Waals surface area contributed by atoms with Crippen LogP contribution < -0.4 is 0 Å². The number of esters is 1. The van der Waals surface area contributed by atoms with E-state index in [4.69, 9.17) is 9.47 Å². The van der Waals surface area contributed by atoms with Crippen molar-refractivity contribution in [3.8, 4) is 0 Å². The standard InChI is InChI=1S/C7H14O4/c1-3-7(8)11-6-10-5-4-9-2/h3-6H2,1-2H3. The van der Waals surface area contributed by atoms with Gasteiger partial charge in [0, 0.05) is 13.5 Å². The normalized spacial score (nSPS) is 9.64. The number of hydrogen-bond acceptors (Lipinski definition) is 4. The minimum Gasteiger partial charge on any atom is -0.438 e. The first-order valence-electron chi connectivity index (χ1n) is 3.53. The van der Waals surface area contributed by atoms with E-state index in [2.05, 4.69) is 4.74 Å². The highest BCUT2D eigenvalue weighted by atomic mass is 16.7. The van der Waals surface area contributed by atoms with Crippen LogP contribution in [0.4, 0.5) is 0 Å². The van der Waals surface area contributed by atoms with Crippen molar-refractivity contribution in [2.75, 3.05) is 27.1 Å². The lowest BCUT2D eigenvalue weighted by Crippen LogP contribution is -2.09. The van der Waals surface area contributed by atoms with E-state index in [-0.39, 0.29) is 12.8 Å². The van der Waals surface area contributed by atoms with Gasteiger partial charge in [0.1, 0.15) is 0 Å². The molecule has 11 heavy (non-hydrogen) atoms. The van der Waals surface area contributed by atoms with Gasteiger partial charge in [0.2, 0.25) is 0 Å². The van der Waals surface area contributed by atoms with Crippen LogP contribution in [0.15, 0.2) is 0 Å². The summed E-state index contributed by atoms with van der Waals surface area (Å²) in [6.07, 6.45) is 0.383. The van der Waals surface area contributed by atoms with Gasteiger partial charge in [-0.05, 0) is 0 Å². The molecular formula is C7H14O4. The van der Waals surface area contributed by atoms with E-state index in [1.54, 1.807) is 14.0 Å². The Morgan fingerprint density at radius 3 is 2.64 bits per heavy atom. The monoisotopic (exact) mass is 162 g/mol. The summed E-state index contributed by atoms with van der Waals surface area (Å²) in [5.41, 5.74) is 0. The predicted octanol–water partition coefficient (Wildman–Crippen LogP) is 0.560. The van der Waals surface area contributed by atoms with Crippen LogP contribution >= 0.6 is 0 Å². The van der Waals surface area contributed by atoms with Gasteiger partial charge in [0.25, 0.3) is 0 Å². The Morgan fingerprint density at radius 2 is 2.09 bits per heavy atom. The molecule has 0 aromatic carbocycles. The van der Waals surface area contributed by atoms with Crippen molar-refractivity contribution in [2.24, 2.45) is 0 Å². The summed E-state index contributed by atoms with van der Waals surface area (Å²) in [7, 11) is 1.58. The maximum Gasteiger partial charge on any atom is 0.307 e. The summed E-state index contributed by atoms with van der Waals surface area (Å²) < 4.78 is 14.2. The number of methoxy groups -OCH3 is 1. The van der Waals surface area contributed by atoms with Gasteiger partial charge in [-0.25, -0.2) is 0 Å². The van der Waals surface area contributed by atoms with Crippen LogP contribution in [0, 0.1) is 0 Å². The topological polar surface area (TPSA) is 44.8 Å². The molecule has 0 rings (SSSR count). The highest BCUT2D eigenvalue weighted by molar-refractivity contribution is 5.68. The zero-order chi connectivity index (χ0) is 8.53. The molecule has 0 aliphatic heterocycles. The molecular weight excluding hydrogens is 148 g/mol. The average molecular weight is 162 g/mol. The van der Waals surface area contributed by atoms with Crippen molar-refractivity contribution in [1.29, 1.82) is 0 Å². The van der Waals surface area contributed by atoms with E-state index in [0.717, 1.165) is 0 Å². The molecule has 0 atom stereocenters. The Bertz CT molecular complexity index is 103. The molecule has 66 valence electrons. The van der Waals surface area contributed by atoms with E-state index in [1.807, 2.05) is 0 Å². The molecule has 0 aromatic rings. The second kappa shape index (κ2) is 7.50. The minimum absolute atomic E-state index is 0.0238. The van der Waals surface area contributed by atoms with Gasteiger partial charge in [-0.3, -0.25) is 4.79 Å². The summed E-state index contributed by atoms with van der Waals surface area (Å²) in [5.74, 6) is -0.248. The Labute approximate surface area is 66.4 Å². The molecule has 0 amide bonds. The van der Waals surface area contributed by atoms with Crippen LogP contribution in [0.1, 0.15) is 13.3 Å². The molecule has 0 aromatic heterocycles. The summed E-state index contributed by atoms with van der Waals surface area (Å²) in [6, 6.07) is 0. The fraction of sp³-hybridized carbons (Fsp3) is 0.857. The molecule has 0 heterocycles. The second-order valence-electron chi connectivity index (χ2n) is 1.89. The van der Waals surface area contributed by atoms with E-state index in [1.165, 1.54) is 0 Å². The molecule has 0 fully saturated rings. The first-order chi connectivity index (χ1) is 5.31. The fourth-order valence-corrected chi connectivity index (χ4v) is 0.411.